The molecule has 0 aliphatic rings. The normalized spacial score (nSPS) is 12.3. The number of aliphatic hydroxyl groups is 1. The predicted molar refractivity (Wildman–Crippen MR) is 58.1 cm³/mol. The van der Waals surface area contributed by atoms with Gasteiger partial charge in [0, 0.05) is 0 Å². The number of ether oxygens (including phenoxy) is 2. The lowest BCUT2D eigenvalue weighted by Crippen LogP contribution is -2.19. The van der Waals surface area contributed by atoms with Crippen LogP contribution < -0.4 is 15.2 Å². The van der Waals surface area contributed by atoms with Gasteiger partial charge in [0.05, 0.1) is 14.2 Å². The molecule has 0 heterocycles. The molecule has 1 atom stereocenters. The topological polar surface area (TPSA) is 64.7 Å². The first-order valence-corrected chi connectivity index (χ1v) is 4.82. The Morgan fingerprint density at radius 3 is 2.47 bits per heavy atom. The van der Waals surface area contributed by atoms with E-state index in [-0.39, 0.29) is 0 Å². The zero-order chi connectivity index (χ0) is 11.3. The molecule has 84 valence electrons. The molecule has 3 N–H and O–H groups in total. The minimum atomic E-state index is -0.766. The second-order valence-electron chi connectivity index (χ2n) is 3.30. The zero-order valence-electron chi connectivity index (χ0n) is 9.06. The van der Waals surface area contributed by atoms with Gasteiger partial charge in [-0.3, -0.25) is 0 Å². The second kappa shape index (κ2) is 5.58. The highest BCUT2D eigenvalue weighted by Crippen LogP contribution is 2.27. The van der Waals surface area contributed by atoms with E-state index in [4.69, 9.17) is 20.3 Å². The fourth-order valence-corrected chi connectivity index (χ4v) is 1.35. The maximum atomic E-state index is 8.96. The van der Waals surface area contributed by atoms with Gasteiger partial charge in [-0.2, -0.15) is 0 Å². The summed E-state index contributed by atoms with van der Waals surface area (Å²) in [5.74, 6) is 1.40. The molecule has 0 saturated carbocycles. The molecule has 0 aromatic heterocycles. The SMILES string of the molecule is COc1ccc(CCC(N)O)cc1OC. The molecule has 0 spiro atoms. The summed E-state index contributed by atoms with van der Waals surface area (Å²) in [6.07, 6.45) is 0.492. The number of benzene rings is 1. The summed E-state index contributed by atoms with van der Waals surface area (Å²) < 4.78 is 10.3. The third-order valence-corrected chi connectivity index (χ3v) is 2.18. The van der Waals surface area contributed by atoms with Crippen LogP contribution in [-0.2, 0) is 6.42 Å². The highest BCUT2D eigenvalue weighted by atomic mass is 16.5. The summed E-state index contributed by atoms with van der Waals surface area (Å²) >= 11 is 0. The Kier molecular flexibility index (Phi) is 4.39. The number of aryl methyl sites for hydroxylation is 1. The van der Waals surface area contributed by atoms with E-state index in [1.165, 1.54) is 0 Å². The summed E-state index contributed by atoms with van der Waals surface area (Å²) in [5, 5.41) is 8.96. The average molecular weight is 211 g/mol. The number of hydrogen-bond donors (Lipinski definition) is 2. The van der Waals surface area contributed by atoms with Crippen LogP contribution in [-0.4, -0.2) is 25.6 Å². The van der Waals surface area contributed by atoms with Crippen molar-refractivity contribution in [1.82, 2.24) is 0 Å². The lowest BCUT2D eigenvalue weighted by molar-refractivity contribution is 0.172. The van der Waals surface area contributed by atoms with Crippen LogP contribution in [0.15, 0.2) is 18.2 Å². The molecule has 1 rings (SSSR count). The Labute approximate surface area is 89.6 Å². The molecule has 0 saturated heterocycles. The number of methoxy groups -OCH3 is 2. The molecule has 0 aliphatic carbocycles. The number of hydrogen-bond acceptors (Lipinski definition) is 4. The van der Waals surface area contributed by atoms with E-state index in [0.29, 0.717) is 17.9 Å². The van der Waals surface area contributed by atoms with Crippen molar-refractivity contribution in [2.75, 3.05) is 14.2 Å². The Hall–Kier alpha value is -1.26. The molecule has 0 radical (unpaired) electrons. The molecule has 0 aliphatic heterocycles. The molecule has 1 aromatic rings. The van der Waals surface area contributed by atoms with Gasteiger partial charge in [0.25, 0.3) is 0 Å². The quantitative estimate of drug-likeness (QED) is 0.711. The van der Waals surface area contributed by atoms with Crippen molar-refractivity contribution >= 4 is 0 Å². The maximum Gasteiger partial charge on any atom is 0.160 e. The predicted octanol–water partition coefficient (Wildman–Crippen LogP) is 0.913. The first-order valence-electron chi connectivity index (χ1n) is 4.82. The van der Waals surface area contributed by atoms with Crippen LogP contribution in [0.4, 0.5) is 0 Å². The Morgan fingerprint density at radius 2 is 1.93 bits per heavy atom. The Bertz CT molecular complexity index is 313. The van der Waals surface area contributed by atoms with E-state index in [1.54, 1.807) is 14.2 Å². The van der Waals surface area contributed by atoms with Gasteiger partial charge in [0.15, 0.2) is 11.5 Å². The van der Waals surface area contributed by atoms with E-state index in [2.05, 4.69) is 0 Å². The number of nitrogens with two attached hydrogens (primary N) is 1. The van der Waals surface area contributed by atoms with Crippen LogP contribution in [0.2, 0.25) is 0 Å². The van der Waals surface area contributed by atoms with Gasteiger partial charge in [0.1, 0.15) is 6.23 Å². The molecule has 1 aromatic carbocycles. The minimum Gasteiger partial charge on any atom is -0.493 e. The molecule has 0 amide bonds. The fourth-order valence-electron chi connectivity index (χ4n) is 1.35. The lowest BCUT2D eigenvalue weighted by atomic mass is 10.1. The first-order chi connectivity index (χ1) is 7.17. The van der Waals surface area contributed by atoms with Crippen molar-refractivity contribution in [2.24, 2.45) is 5.73 Å². The summed E-state index contributed by atoms with van der Waals surface area (Å²) in [5.41, 5.74) is 6.33. The highest BCUT2D eigenvalue weighted by molar-refractivity contribution is 5.42. The van der Waals surface area contributed by atoms with Gasteiger partial charge in [0.2, 0.25) is 0 Å². The van der Waals surface area contributed by atoms with E-state index in [1.807, 2.05) is 18.2 Å². The van der Waals surface area contributed by atoms with Crippen molar-refractivity contribution in [3.8, 4) is 11.5 Å². The molecular formula is C11H17NO3. The monoisotopic (exact) mass is 211 g/mol. The minimum absolute atomic E-state index is 0.537. The Morgan fingerprint density at radius 1 is 1.27 bits per heavy atom. The van der Waals surface area contributed by atoms with Crippen molar-refractivity contribution in [3.05, 3.63) is 23.8 Å². The zero-order valence-corrected chi connectivity index (χ0v) is 9.06. The number of rotatable bonds is 5. The van der Waals surface area contributed by atoms with Gasteiger partial charge in [-0.15, -0.1) is 0 Å². The molecule has 1 unspecified atom stereocenters. The summed E-state index contributed by atoms with van der Waals surface area (Å²) in [6, 6.07) is 5.67. The first kappa shape index (κ1) is 11.8. The smallest absolute Gasteiger partial charge is 0.160 e. The van der Waals surface area contributed by atoms with E-state index in [0.717, 1.165) is 12.0 Å². The van der Waals surface area contributed by atoms with Crippen molar-refractivity contribution in [2.45, 2.75) is 19.1 Å². The van der Waals surface area contributed by atoms with E-state index in [9.17, 15) is 0 Å². The summed E-state index contributed by atoms with van der Waals surface area (Å²) in [4.78, 5) is 0. The summed E-state index contributed by atoms with van der Waals surface area (Å²) in [7, 11) is 3.20. The van der Waals surface area contributed by atoms with Crippen LogP contribution >= 0.6 is 0 Å². The van der Waals surface area contributed by atoms with E-state index >= 15 is 0 Å². The number of aliphatic hydroxyl groups excluding tert-OH is 1. The fraction of sp³-hybridized carbons (Fsp3) is 0.455. The average Bonchev–Trinajstić information content (AvgIpc) is 2.25. The van der Waals surface area contributed by atoms with Crippen LogP contribution in [0.5, 0.6) is 11.5 Å². The standard InChI is InChI=1S/C11H17NO3/c1-14-9-5-3-8(4-6-11(12)13)7-10(9)15-2/h3,5,7,11,13H,4,6,12H2,1-2H3. The molecule has 4 heteroatoms. The molecule has 4 nitrogen and oxygen atoms in total. The van der Waals surface area contributed by atoms with Crippen LogP contribution in [0.3, 0.4) is 0 Å². The van der Waals surface area contributed by atoms with Crippen LogP contribution in [0.25, 0.3) is 0 Å². The molecule has 0 bridgehead atoms. The van der Waals surface area contributed by atoms with Gasteiger partial charge < -0.3 is 20.3 Å². The van der Waals surface area contributed by atoms with Gasteiger partial charge in [-0.05, 0) is 30.5 Å². The van der Waals surface area contributed by atoms with Crippen LogP contribution in [0.1, 0.15) is 12.0 Å². The lowest BCUT2D eigenvalue weighted by Gasteiger charge is -2.10. The van der Waals surface area contributed by atoms with Gasteiger partial charge in [-0.25, -0.2) is 0 Å². The van der Waals surface area contributed by atoms with Gasteiger partial charge in [-0.1, -0.05) is 6.07 Å². The molecular weight excluding hydrogens is 194 g/mol. The van der Waals surface area contributed by atoms with Crippen molar-refractivity contribution < 1.29 is 14.6 Å². The van der Waals surface area contributed by atoms with Crippen molar-refractivity contribution in [3.63, 3.8) is 0 Å². The van der Waals surface area contributed by atoms with Crippen molar-refractivity contribution in [1.29, 1.82) is 0 Å². The summed E-state index contributed by atoms with van der Waals surface area (Å²) in [6.45, 7) is 0. The van der Waals surface area contributed by atoms with Gasteiger partial charge >= 0.3 is 0 Å². The second-order valence-corrected chi connectivity index (χ2v) is 3.30. The van der Waals surface area contributed by atoms with Crippen LogP contribution in [0, 0.1) is 0 Å². The molecule has 15 heavy (non-hydrogen) atoms. The maximum absolute atomic E-state index is 8.96. The van der Waals surface area contributed by atoms with E-state index < -0.39 is 6.23 Å². The Balaban J connectivity index is 2.74. The molecule has 0 fully saturated rings. The third kappa shape index (κ3) is 3.42. The highest BCUT2D eigenvalue weighted by Gasteiger charge is 2.05. The third-order valence-electron chi connectivity index (χ3n) is 2.18. The largest absolute Gasteiger partial charge is 0.493 e.